The second-order valence-corrected chi connectivity index (χ2v) is 8.33. The van der Waals surface area contributed by atoms with Gasteiger partial charge in [-0.3, -0.25) is 4.79 Å². The number of β-amino-alcohol motifs (C(OH)–C–C–N with tert-alkyl or cyclic N) is 1. The zero-order valence-electron chi connectivity index (χ0n) is 13.4. The van der Waals surface area contributed by atoms with E-state index in [0.29, 0.717) is 6.07 Å². The summed E-state index contributed by atoms with van der Waals surface area (Å²) in [6.45, 7) is 0.0745. The Hall–Kier alpha value is -1.58. The molecule has 1 aromatic carbocycles. The van der Waals surface area contributed by atoms with Gasteiger partial charge >= 0.3 is 0 Å². The van der Waals surface area contributed by atoms with Crippen molar-refractivity contribution in [3.63, 3.8) is 0 Å². The van der Waals surface area contributed by atoms with Gasteiger partial charge < -0.3 is 10.0 Å². The molecule has 1 heterocycles. The number of rotatable bonds is 5. The van der Waals surface area contributed by atoms with Crippen LogP contribution < -0.4 is 0 Å². The lowest BCUT2D eigenvalue weighted by Crippen LogP contribution is -2.34. The van der Waals surface area contributed by atoms with E-state index in [2.05, 4.69) is 0 Å². The van der Waals surface area contributed by atoms with Crippen LogP contribution in [0.1, 0.15) is 5.56 Å². The summed E-state index contributed by atoms with van der Waals surface area (Å²) in [4.78, 5) is 13.5. The van der Waals surface area contributed by atoms with E-state index in [1.165, 1.54) is 25.1 Å². The van der Waals surface area contributed by atoms with Crippen molar-refractivity contribution >= 4 is 15.9 Å². The van der Waals surface area contributed by atoms with E-state index in [0.717, 1.165) is 10.4 Å². The average molecular weight is 362 g/mol. The largest absolute Gasteiger partial charge is 0.391 e. The number of aliphatic hydroxyl groups is 1. The molecule has 0 aromatic heterocycles. The number of amides is 1. The molecule has 0 aliphatic carbocycles. The highest BCUT2D eigenvalue weighted by Gasteiger charge is 2.37. The Bertz CT molecular complexity index is 724. The molecule has 2 rings (SSSR count). The number of carbonyl (C=O) groups excluding carboxylic acids is 1. The van der Waals surface area contributed by atoms with Crippen LogP contribution in [0.2, 0.25) is 0 Å². The van der Waals surface area contributed by atoms with Crippen LogP contribution in [0.3, 0.4) is 0 Å². The quantitative estimate of drug-likeness (QED) is 0.813. The van der Waals surface area contributed by atoms with Crippen LogP contribution >= 0.6 is 0 Å². The summed E-state index contributed by atoms with van der Waals surface area (Å²) in [7, 11) is -0.701. The maximum Gasteiger partial charge on any atom is 0.227 e. The molecule has 0 bridgehead atoms. The molecular formula is C15H20F2N2O4S. The minimum atomic E-state index is -3.50. The third-order valence-corrected chi connectivity index (χ3v) is 6.06. The molecule has 6 nitrogen and oxygen atoms in total. The van der Waals surface area contributed by atoms with E-state index in [1.807, 2.05) is 0 Å². The first kappa shape index (κ1) is 18.8. The SMILES string of the molecule is CN(C)S(=O)(=O)C[C@@H]1CN(C(=O)Cc2ccc(F)cc2F)C[C@H]1O. The van der Waals surface area contributed by atoms with Crippen LogP contribution in [0.15, 0.2) is 18.2 Å². The van der Waals surface area contributed by atoms with E-state index >= 15 is 0 Å². The molecule has 1 N–H and O–H groups in total. The maximum absolute atomic E-state index is 13.6. The Morgan fingerprint density at radius 1 is 1.33 bits per heavy atom. The van der Waals surface area contributed by atoms with Crippen molar-refractivity contribution in [1.82, 2.24) is 9.21 Å². The first-order chi connectivity index (χ1) is 11.1. The Morgan fingerprint density at radius 3 is 2.58 bits per heavy atom. The van der Waals surface area contributed by atoms with E-state index in [4.69, 9.17) is 0 Å². The van der Waals surface area contributed by atoms with Crippen LogP contribution in [0.4, 0.5) is 8.78 Å². The Labute approximate surface area is 139 Å². The Kier molecular flexibility index (Phi) is 5.56. The predicted octanol–water partition coefficient (Wildman–Crippen LogP) is 0.218. The van der Waals surface area contributed by atoms with Crippen LogP contribution in [-0.2, 0) is 21.2 Å². The van der Waals surface area contributed by atoms with Gasteiger partial charge in [-0.25, -0.2) is 21.5 Å². The van der Waals surface area contributed by atoms with E-state index in [-0.39, 0.29) is 30.8 Å². The predicted molar refractivity (Wildman–Crippen MR) is 83.6 cm³/mol. The molecule has 9 heteroatoms. The average Bonchev–Trinajstić information content (AvgIpc) is 2.82. The van der Waals surface area contributed by atoms with Crippen molar-refractivity contribution in [2.24, 2.45) is 5.92 Å². The van der Waals surface area contributed by atoms with Gasteiger partial charge in [-0.1, -0.05) is 6.07 Å². The highest BCUT2D eigenvalue weighted by atomic mass is 32.2. The number of benzene rings is 1. The highest BCUT2D eigenvalue weighted by Crippen LogP contribution is 2.21. The van der Waals surface area contributed by atoms with Gasteiger partial charge in [-0.15, -0.1) is 0 Å². The molecule has 1 aliphatic heterocycles. The van der Waals surface area contributed by atoms with Gasteiger partial charge in [0.1, 0.15) is 11.6 Å². The monoisotopic (exact) mass is 362 g/mol. The summed E-state index contributed by atoms with van der Waals surface area (Å²) < 4.78 is 51.4. The van der Waals surface area contributed by atoms with Gasteiger partial charge in [0.25, 0.3) is 0 Å². The molecule has 1 aromatic rings. The van der Waals surface area contributed by atoms with Gasteiger partial charge in [0.2, 0.25) is 15.9 Å². The standard InChI is InChI=1S/C15H20F2N2O4S/c1-18(2)24(22,23)9-11-7-19(8-14(11)20)15(21)5-10-3-4-12(16)6-13(10)17/h3-4,6,11,14,20H,5,7-9H2,1-2H3/t11-,14+/m0/s1. The van der Waals surface area contributed by atoms with Crippen LogP contribution in [0.5, 0.6) is 0 Å². The second kappa shape index (κ2) is 7.12. The number of sulfonamides is 1. The summed E-state index contributed by atoms with van der Waals surface area (Å²) in [5.74, 6) is -2.84. The van der Waals surface area contributed by atoms with Crippen molar-refractivity contribution in [1.29, 1.82) is 0 Å². The maximum atomic E-state index is 13.6. The van der Waals surface area contributed by atoms with Crippen molar-refractivity contribution in [3.8, 4) is 0 Å². The molecule has 2 atom stereocenters. The lowest BCUT2D eigenvalue weighted by Gasteiger charge is -2.18. The van der Waals surface area contributed by atoms with Gasteiger partial charge in [-0.05, 0) is 11.6 Å². The molecule has 1 fully saturated rings. The fourth-order valence-electron chi connectivity index (χ4n) is 2.58. The zero-order chi connectivity index (χ0) is 18.1. The first-order valence-corrected chi connectivity index (χ1v) is 9.01. The topological polar surface area (TPSA) is 77.9 Å². The highest BCUT2D eigenvalue weighted by molar-refractivity contribution is 7.89. The smallest absolute Gasteiger partial charge is 0.227 e. The van der Waals surface area contributed by atoms with Gasteiger partial charge in [0.15, 0.2) is 0 Å². The van der Waals surface area contributed by atoms with E-state index in [9.17, 15) is 27.1 Å². The molecule has 0 unspecified atom stereocenters. The summed E-state index contributed by atoms with van der Waals surface area (Å²) in [5.41, 5.74) is 0.0558. The lowest BCUT2D eigenvalue weighted by atomic mass is 10.1. The Morgan fingerprint density at radius 2 is 2.00 bits per heavy atom. The fraction of sp³-hybridized carbons (Fsp3) is 0.533. The number of hydrogen-bond donors (Lipinski definition) is 1. The molecule has 0 radical (unpaired) electrons. The molecule has 134 valence electrons. The zero-order valence-corrected chi connectivity index (χ0v) is 14.3. The lowest BCUT2D eigenvalue weighted by molar-refractivity contribution is -0.129. The molecule has 1 aliphatic rings. The van der Waals surface area contributed by atoms with Crippen molar-refractivity contribution in [2.75, 3.05) is 32.9 Å². The minimum Gasteiger partial charge on any atom is -0.391 e. The van der Waals surface area contributed by atoms with Crippen LogP contribution in [-0.4, -0.2) is 67.7 Å². The van der Waals surface area contributed by atoms with Gasteiger partial charge in [-0.2, -0.15) is 0 Å². The van der Waals surface area contributed by atoms with Crippen molar-refractivity contribution < 1.29 is 27.1 Å². The van der Waals surface area contributed by atoms with E-state index < -0.39 is 39.6 Å². The summed E-state index contributed by atoms with van der Waals surface area (Å²) in [6, 6.07) is 2.97. The molecule has 1 saturated heterocycles. The third kappa shape index (κ3) is 4.28. The van der Waals surface area contributed by atoms with Crippen LogP contribution in [0.25, 0.3) is 0 Å². The third-order valence-electron chi connectivity index (χ3n) is 4.10. The summed E-state index contributed by atoms with van der Waals surface area (Å²) in [6.07, 6.45) is -1.23. The van der Waals surface area contributed by atoms with Crippen molar-refractivity contribution in [2.45, 2.75) is 12.5 Å². The van der Waals surface area contributed by atoms with Gasteiger partial charge in [0, 0.05) is 39.2 Å². The first-order valence-electron chi connectivity index (χ1n) is 7.40. The van der Waals surface area contributed by atoms with Crippen LogP contribution in [0, 0.1) is 17.6 Å². The number of nitrogens with zero attached hydrogens (tertiary/aromatic N) is 2. The normalized spacial score (nSPS) is 21.5. The number of hydrogen-bond acceptors (Lipinski definition) is 4. The number of carbonyl (C=O) groups is 1. The number of likely N-dealkylation sites (tertiary alicyclic amines) is 1. The number of halogens is 2. The molecule has 0 spiro atoms. The Balaban J connectivity index is 2.02. The second-order valence-electron chi connectivity index (χ2n) is 6.10. The molecule has 1 amide bonds. The van der Waals surface area contributed by atoms with Gasteiger partial charge in [0.05, 0.1) is 18.3 Å². The molecule has 0 saturated carbocycles. The number of aliphatic hydroxyl groups excluding tert-OH is 1. The molecular weight excluding hydrogens is 342 g/mol. The summed E-state index contributed by atoms with van der Waals surface area (Å²) >= 11 is 0. The fourth-order valence-corrected chi connectivity index (χ4v) is 3.75. The minimum absolute atomic E-state index is 0.00470. The molecule has 24 heavy (non-hydrogen) atoms. The van der Waals surface area contributed by atoms with E-state index in [1.54, 1.807) is 0 Å². The summed E-state index contributed by atoms with van der Waals surface area (Å²) in [5, 5.41) is 10.0. The van der Waals surface area contributed by atoms with Crippen molar-refractivity contribution in [3.05, 3.63) is 35.4 Å².